The maximum Gasteiger partial charge on any atom is 1.00 e. The minimum atomic E-state index is -0.312. The van der Waals surface area contributed by atoms with Gasteiger partial charge in [-0.05, 0) is 0 Å². The fourth-order valence-corrected chi connectivity index (χ4v) is 0.248. The van der Waals surface area contributed by atoms with E-state index in [0.29, 0.717) is 0 Å². The van der Waals surface area contributed by atoms with Crippen molar-refractivity contribution in [3.8, 4) is 0 Å². The summed E-state index contributed by atoms with van der Waals surface area (Å²) in [6, 6.07) is 0. The molecule has 4 heteroatoms. The molecule has 0 radical (unpaired) electrons. The fourth-order valence-electron chi connectivity index (χ4n) is 0.248. The third-order valence-electron chi connectivity index (χ3n) is 0.352. The Balaban J connectivity index is -0.000000180. The van der Waals surface area contributed by atoms with Gasteiger partial charge in [-0.25, -0.2) is 0 Å². The summed E-state index contributed by atoms with van der Waals surface area (Å²) in [5.74, 6) is -0.625. The first kappa shape index (κ1) is 10.7. The number of carbonyl (C=O) groups excluding carboxylic acids is 2. The fraction of sp³-hybridized carbons (Fsp3) is 0.500. The van der Waals surface area contributed by atoms with Crippen LogP contribution in [0.4, 0.5) is 0 Å². The van der Waals surface area contributed by atoms with Crippen molar-refractivity contribution >= 4 is 11.8 Å². The van der Waals surface area contributed by atoms with Crippen molar-refractivity contribution in [1.29, 1.82) is 0 Å². The van der Waals surface area contributed by atoms with Crippen molar-refractivity contribution in [1.82, 2.24) is 5.32 Å². The van der Waals surface area contributed by atoms with Gasteiger partial charge in [0.15, 0.2) is 0 Å². The summed E-state index contributed by atoms with van der Waals surface area (Å²) in [4.78, 5) is 19.8. The molecule has 0 aromatic rings. The molecule has 0 aliphatic heterocycles. The zero-order valence-corrected chi connectivity index (χ0v) is 5.32. The normalized spacial score (nSPS) is 6.75. The molecule has 8 heavy (non-hydrogen) atoms. The van der Waals surface area contributed by atoms with Crippen LogP contribution in [0.1, 0.15) is 15.3 Å². The molecule has 0 unspecified atom stereocenters. The molecule has 0 bridgehead atoms. The predicted molar refractivity (Wildman–Crippen MR) is 25.6 cm³/mol. The molecule has 2 amide bonds. The van der Waals surface area contributed by atoms with Crippen molar-refractivity contribution in [3.63, 3.8) is 0 Å². The van der Waals surface area contributed by atoms with Gasteiger partial charge in [0.25, 0.3) is 0 Å². The largest absolute Gasteiger partial charge is 1.00 e. The van der Waals surface area contributed by atoms with Crippen molar-refractivity contribution in [2.75, 3.05) is 0 Å². The van der Waals surface area contributed by atoms with E-state index in [0.717, 1.165) is 0 Å². The summed E-state index contributed by atoms with van der Waals surface area (Å²) in [7, 11) is 0. The monoisotopic (exact) mass is 109 g/mol. The molecule has 0 aliphatic carbocycles. The number of hydrogen-bond acceptors (Lipinski definition) is 2. The maximum atomic E-state index is 9.92. The summed E-state index contributed by atoms with van der Waals surface area (Å²) >= 11 is 0. The zero-order valence-electron chi connectivity index (χ0n) is 6.32. The summed E-state index contributed by atoms with van der Waals surface area (Å²) in [6.45, 7) is 2.59. The molecule has 0 heterocycles. The molecule has 3 nitrogen and oxygen atoms in total. The van der Waals surface area contributed by atoms with E-state index >= 15 is 0 Å². The Morgan fingerprint density at radius 3 is 1.50 bits per heavy atom. The van der Waals surface area contributed by atoms with Crippen LogP contribution in [0.15, 0.2) is 0 Å². The second-order valence-corrected chi connectivity index (χ2v) is 1.24. The molecule has 0 rings (SSSR count). The molecule has 42 valence electrons. The minimum Gasteiger partial charge on any atom is -1.00 e. The molecule has 0 aromatic heterocycles. The maximum absolute atomic E-state index is 9.92. The van der Waals surface area contributed by atoms with E-state index in [-0.39, 0.29) is 32.1 Å². The van der Waals surface area contributed by atoms with Crippen molar-refractivity contribution in [3.05, 3.63) is 0 Å². The van der Waals surface area contributed by atoms with Crippen molar-refractivity contribution in [2.45, 2.75) is 13.8 Å². The first-order chi connectivity index (χ1) is 3.13. The number of carbonyl (C=O) groups is 2. The van der Waals surface area contributed by atoms with Gasteiger partial charge in [0.05, 0.1) is 0 Å². The molecule has 0 fully saturated rings. The Bertz CT molecular complexity index is 94.7. The summed E-state index contributed by atoms with van der Waals surface area (Å²) in [6.07, 6.45) is 0. The minimum absolute atomic E-state index is 0. The summed E-state index contributed by atoms with van der Waals surface area (Å²) in [5.41, 5.74) is 0. The molecule has 1 N–H and O–H groups in total. The van der Waals surface area contributed by atoms with Gasteiger partial charge in [-0.3, -0.25) is 14.9 Å². The molecular formula is C4H8LiNO2. The van der Waals surface area contributed by atoms with Gasteiger partial charge in [0, 0.05) is 13.8 Å². The standard InChI is InChI=1S/C4H7NO2.Li.H/c1-3(6)5-4(2)7;;/h1-2H3,(H,5,6,7);;/q;+1;-1. The first-order valence-electron chi connectivity index (χ1n) is 1.91. The molecule has 0 saturated carbocycles. The molecule has 0 spiro atoms. The molecule has 0 aliphatic rings. The van der Waals surface area contributed by atoms with Crippen LogP contribution < -0.4 is 24.2 Å². The number of rotatable bonds is 0. The van der Waals surface area contributed by atoms with E-state index in [1.54, 1.807) is 0 Å². The summed E-state index contributed by atoms with van der Waals surface area (Å²) < 4.78 is 0. The van der Waals surface area contributed by atoms with Gasteiger partial charge in [-0.1, -0.05) is 0 Å². The van der Waals surface area contributed by atoms with E-state index < -0.39 is 0 Å². The average molecular weight is 109 g/mol. The molecule has 0 atom stereocenters. The van der Waals surface area contributed by atoms with Crippen LogP contribution in [0.2, 0.25) is 0 Å². The second kappa shape index (κ2) is 4.89. The van der Waals surface area contributed by atoms with Gasteiger partial charge in [0.1, 0.15) is 0 Å². The van der Waals surface area contributed by atoms with Gasteiger partial charge < -0.3 is 1.43 Å². The van der Waals surface area contributed by atoms with Crippen LogP contribution in [-0.2, 0) is 9.59 Å². The third kappa shape index (κ3) is 9.22. The Labute approximate surface area is 61.5 Å². The van der Waals surface area contributed by atoms with E-state index in [1.807, 2.05) is 5.32 Å². The van der Waals surface area contributed by atoms with Gasteiger partial charge >= 0.3 is 18.9 Å². The SMILES string of the molecule is CC(=O)NC(C)=O.[H-].[Li+]. The van der Waals surface area contributed by atoms with Gasteiger partial charge in [-0.2, -0.15) is 0 Å². The van der Waals surface area contributed by atoms with Crippen LogP contribution in [0.3, 0.4) is 0 Å². The Morgan fingerprint density at radius 1 is 1.25 bits per heavy atom. The Hall–Kier alpha value is -0.263. The Kier molecular flexibility index (Phi) is 6.52. The van der Waals surface area contributed by atoms with E-state index in [9.17, 15) is 9.59 Å². The predicted octanol–water partition coefficient (Wildman–Crippen LogP) is -3.21. The zero-order chi connectivity index (χ0) is 5.86. The quantitative estimate of drug-likeness (QED) is 0.333. The number of amides is 2. The molecular weight excluding hydrogens is 101 g/mol. The smallest absolute Gasteiger partial charge is 1.00 e. The first-order valence-corrected chi connectivity index (χ1v) is 1.91. The number of nitrogens with one attached hydrogen (secondary N) is 1. The van der Waals surface area contributed by atoms with E-state index in [2.05, 4.69) is 0 Å². The van der Waals surface area contributed by atoms with Crippen LogP contribution in [-0.4, -0.2) is 11.8 Å². The average Bonchev–Trinajstić information content (AvgIpc) is 1.27. The van der Waals surface area contributed by atoms with Crippen molar-refractivity contribution < 1.29 is 29.9 Å². The van der Waals surface area contributed by atoms with E-state index in [1.165, 1.54) is 13.8 Å². The van der Waals surface area contributed by atoms with Gasteiger partial charge in [-0.15, -0.1) is 0 Å². The summed E-state index contributed by atoms with van der Waals surface area (Å²) in [5, 5.41) is 2.03. The third-order valence-corrected chi connectivity index (χ3v) is 0.352. The topological polar surface area (TPSA) is 46.2 Å². The van der Waals surface area contributed by atoms with Crippen LogP contribution in [0, 0.1) is 0 Å². The van der Waals surface area contributed by atoms with E-state index in [4.69, 9.17) is 0 Å². The van der Waals surface area contributed by atoms with Gasteiger partial charge in [0.2, 0.25) is 11.8 Å². The van der Waals surface area contributed by atoms with Crippen molar-refractivity contribution in [2.24, 2.45) is 0 Å². The number of hydrogen-bond donors (Lipinski definition) is 1. The Morgan fingerprint density at radius 2 is 1.50 bits per heavy atom. The van der Waals surface area contributed by atoms with Crippen LogP contribution >= 0.6 is 0 Å². The van der Waals surface area contributed by atoms with Crippen LogP contribution in [0.25, 0.3) is 0 Å². The van der Waals surface area contributed by atoms with Crippen LogP contribution in [0.5, 0.6) is 0 Å². The number of imide groups is 1. The molecule has 0 aromatic carbocycles. The molecule has 0 saturated heterocycles. The second-order valence-electron chi connectivity index (χ2n) is 1.24.